The number of amides is 1. The molecule has 108 valence electrons. The maximum absolute atomic E-state index is 12.4. The number of rotatable bonds is 3. The van der Waals surface area contributed by atoms with Gasteiger partial charge in [-0.2, -0.15) is 0 Å². The number of anilines is 1. The lowest BCUT2D eigenvalue weighted by Gasteiger charge is -2.30. The Balaban J connectivity index is 1.60. The summed E-state index contributed by atoms with van der Waals surface area (Å²) < 4.78 is 0. The van der Waals surface area contributed by atoms with Crippen molar-refractivity contribution in [2.24, 2.45) is 5.92 Å². The van der Waals surface area contributed by atoms with Crippen molar-refractivity contribution < 1.29 is 9.90 Å². The Kier molecular flexibility index (Phi) is 3.66. The van der Waals surface area contributed by atoms with E-state index >= 15 is 0 Å². The van der Waals surface area contributed by atoms with Crippen molar-refractivity contribution in [1.82, 2.24) is 5.32 Å². The Morgan fingerprint density at radius 2 is 1.85 bits per heavy atom. The highest BCUT2D eigenvalue weighted by Gasteiger charge is 2.34. The zero-order chi connectivity index (χ0) is 14.1. The van der Waals surface area contributed by atoms with Gasteiger partial charge < -0.3 is 15.3 Å². The summed E-state index contributed by atoms with van der Waals surface area (Å²) in [5, 5.41) is 12.9. The third kappa shape index (κ3) is 2.80. The van der Waals surface area contributed by atoms with Crippen LogP contribution in [-0.4, -0.2) is 30.1 Å². The van der Waals surface area contributed by atoms with Crippen molar-refractivity contribution in [2.75, 3.05) is 11.9 Å². The van der Waals surface area contributed by atoms with Crippen LogP contribution in [0, 0.1) is 5.92 Å². The zero-order valence-corrected chi connectivity index (χ0v) is 11.9. The van der Waals surface area contributed by atoms with Gasteiger partial charge in [-0.05, 0) is 55.9 Å². The van der Waals surface area contributed by atoms with Crippen LogP contribution in [-0.2, 0) is 4.79 Å². The maximum atomic E-state index is 12.4. The topological polar surface area (TPSA) is 52.6 Å². The number of hydrogen-bond acceptors (Lipinski definition) is 3. The second-order valence-corrected chi connectivity index (χ2v) is 6.15. The van der Waals surface area contributed by atoms with Crippen LogP contribution in [0.25, 0.3) is 0 Å². The first-order valence-corrected chi connectivity index (χ1v) is 7.43. The molecule has 2 heterocycles. The molecule has 0 aromatic heterocycles. The van der Waals surface area contributed by atoms with Crippen LogP contribution in [0.2, 0.25) is 0 Å². The summed E-state index contributed by atoms with van der Waals surface area (Å²) in [4.78, 5) is 14.1. The van der Waals surface area contributed by atoms with E-state index in [2.05, 4.69) is 5.32 Å². The van der Waals surface area contributed by atoms with E-state index in [4.69, 9.17) is 0 Å². The standard InChI is InChI=1S/C16H22N2O2/c1-18(14-4-6-15(19)7-5-14)16(20)10-11-8-12-2-3-13(9-11)17-12/h4-7,11-13,17,19H,2-3,8-10H2,1H3. The first-order valence-electron chi connectivity index (χ1n) is 7.43. The number of carbonyl (C=O) groups is 1. The molecule has 2 aliphatic heterocycles. The van der Waals surface area contributed by atoms with Gasteiger partial charge in [-0.3, -0.25) is 4.79 Å². The smallest absolute Gasteiger partial charge is 0.226 e. The molecule has 0 saturated carbocycles. The van der Waals surface area contributed by atoms with E-state index in [0.717, 1.165) is 18.5 Å². The molecule has 2 saturated heterocycles. The van der Waals surface area contributed by atoms with E-state index in [0.29, 0.717) is 24.4 Å². The number of aromatic hydroxyl groups is 1. The van der Waals surface area contributed by atoms with Gasteiger partial charge in [0, 0.05) is 31.2 Å². The molecule has 20 heavy (non-hydrogen) atoms. The predicted octanol–water partition coefficient (Wildman–Crippen LogP) is 2.28. The molecule has 2 unspecified atom stereocenters. The largest absolute Gasteiger partial charge is 0.508 e. The van der Waals surface area contributed by atoms with E-state index in [1.54, 1.807) is 29.2 Å². The number of phenolic OH excluding ortho intramolecular Hbond substituents is 1. The number of fused-ring (bicyclic) bond motifs is 2. The Hall–Kier alpha value is -1.55. The van der Waals surface area contributed by atoms with Crippen molar-refractivity contribution in [3.8, 4) is 5.75 Å². The van der Waals surface area contributed by atoms with E-state index in [1.165, 1.54) is 12.8 Å². The molecule has 4 heteroatoms. The minimum Gasteiger partial charge on any atom is -0.508 e. The number of phenols is 1. The number of nitrogens with zero attached hydrogens (tertiary/aromatic N) is 1. The minimum absolute atomic E-state index is 0.169. The Bertz CT molecular complexity index is 474. The Morgan fingerprint density at radius 3 is 2.45 bits per heavy atom. The van der Waals surface area contributed by atoms with Crippen molar-refractivity contribution in [3.05, 3.63) is 24.3 Å². The van der Waals surface area contributed by atoms with Gasteiger partial charge in [0.05, 0.1) is 0 Å². The number of carbonyl (C=O) groups excluding carboxylic acids is 1. The van der Waals surface area contributed by atoms with Crippen LogP contribution in [0.5, 0.6) is 5.75 Å². The van der Waals surface area contributed by atoms with Gasteiger partial charge in [-0.15, -0.1) is 0 Å². The first-order chi connectivity index (χ1) is 9.61. The lowest BCUT2D eigenvalue weighted by Crippen LogP contribution is -2.40. The Morgan fingerprint density at radius 1 is 1.25 bits per heavy atom. The molecule has 0 radical (unpaired) electrons. The molecule has 2 aliphatic rings. The van der Waals surface area contributed by atoms with E-state index in [1.807, 2.05) is 7.05 Å². The summed E-state index contributed by atoms with van der Waals surface area (Å²) in [6.07, 6.45) is 5.43. The lowest BCUT2D eigenvalue weighted by atomic mass is 9.89. The van der Waals surface area contributed by atoms with Crippen molar-refractivity contribution in [1.29, 1.82) is 0 Å². The highest BCUT2D eigenvalue weighted by atomic mass is 16.3. The number of benzene rings is 1. The van der Waals surface area contributed by atoms with Crippen LogP contribution in [0.3, 0.4) is 0 Å². The van der Waals surface area contributed by atoms with Crippen LogP contribution in [0.4, 0.5) is 5.69 Å². The highest BCUT2D eigenvalue weighted by molar-refractivity contribution is 5.92. The molecule has 0 aliphatic carbocycles. The molecule has 0 spiro atoms. The third-order valence-electron chi connectivity index (χ3n) is 4.65. The fourth-order valence-electron chi connectivity index (χ4n) is 3.55. The van der Waals surface area contributed by atoms with Gasteiger partial charge >= 0.3 is 0 Å². The fraction of sp³-hybridized carbons (Fsp3) is 0.562. The van der Waals surface area contributed by atoms with Gasteiger partial charge in [0.2, 0.25) is 5.91 Å². The molecular weight excluding hydrogens is 252 g/mol. The van der Waals surface area contributed by atoms with E-state index < -0.39 is 0 Å². The predicted molar refractivity (Wildman–Crippen MR) is 78.8 cm³/mol. The summed E-state index contributed by atoms with van der Waals surface area (Å²) in [7, 11) is 1.81. The SMILES string of the molecule is CN(C(=O)CC1CC2CCC(C1)N2)c1ccc(O)cc1. The molecule has 2 bridgehead atoms. The molecular formula is C16H22N2O2. The van der Waals surface area contributed by atoms with Crippen LogP contribution >= 0.6 is 0 Å². The van der Waals surface area contributed by atoms with Gasteiger partial charge in [-0.1, -0.05) is 0 Å². The Labute approximate surface area is 119 Å². The summed E-state index contributed by atoms with van der Waals surface area (Å²) in [6.45, 7) is 0. The van der Waals surface area contributed by atoms with Crippen LogP contribution in [0.1, 0.15) is 32.1 Å². The molecule has 4 nitrogen and oxygen atoms in total. The molecule has 1 aromatic carbocycles. The monoisotopic (exact) mass is 274 g/mol. The fourth-order valence-corrected chi connectivity index (χ4v) is 3.55. The summed E-state index contributed by atoms with van der Waals surface area (Å²) in [6, 6.07) is 8.04. The third-order valence-corrected chi connectivity index (χ3v) is 4.65. The molecule has 3 rings (SSSR count). The summed E-state index contributed by atoms with van der Waals surface area (Å²) in [5.41, 5.74) is 0.838. The highest BCUT2D eigenvalue weighted by Crippen LogP contribution is 2.33. The van der Waals surface area contributed by atoms with Gasteiger partial charge in [0.25, 0.3) is 0 Å². The van der Waals surface area contributed by atoms with E-state index in [9.17, 15) is 9.90 Å². The summed E-state index contributed by atoms with van der Waals surface area (Å²) in [5.74, 6) is 0.910. The quantitative estimate of drug-likeness (QED) is 0.889. The average molecular weight is 274 g/mol. The summed E-state index contributed by atoms with van der Waals surface area (Å²) >= 11 is 0. The van der Waals surface area contributed by atoms with E-state index in [-0.39, 0.29) is 11.7 Å². The van der Waals surface area contributed by atoms with Crippen molar-refractivity contribution in [3.63, 3.8) is 0 Å². The van der Waals surface area contributed by atoms with Crippen LogP contribution in [0.15, 0.2) is 24.3 Å². The molecule has 1 amide bonds. The molecule has 2 atom stereocenters. The number of hydrogen-bond donors (Lipinski definition) is 2. The molecule has 1 aromatic rings. The second-order valence-electron chi connectivity index (χ2n) is 6.15. The van der Waals surface area contributed by atoms with Gasteiger partial charge in [-0.25, -0.2) is 0 Å². The normalized spacial score (nSPS) is 28.4. The number of nitrogens with one attached hydrogen (secondary N) is 1. The van der Waals surface area contributed by atoms with Gasteiger partial charge in [0.15, 0.2) is 0 Å². The zero-order valence-electron chi connectivity index (χ0n) is 11.9. The molecule has 2 fully saturated rings. The average Bonchev–Trinajstić information content (AvgIpc) is 2.78. The second kappa shape index (κ2) is 5.44. The van der Waals surface area contributed by atoms with Crippen molar-refractivity contribution in [2.45, 2.75) is 44.2 Å². The van der Waals surface area contributed by atoms with Crippen molar-refractivity contribution >= 4 is 11.6 Å². The maximum Gasteiger partial charge on any atom is 0.226 e. The van der Waals surface area contributed by atoms with Gasteiger partial charge in [0.1, 0.15) is 5.75 Å². The van der Waals surface area contributed by atoms with Crippen LogP contribution < -0.4 is 10.2 Å². The minimum atomic E-state index is 0.169. The first kappa shape index (κ1) is 13.4. The molecule has 2 N–H and O–H groups in total. The number of piperidine rings is 1. The lowest BCUT2D eigenvalue weighted by molar-refractivity contribution is -0.119.